The molecule has 0 aromatic heterocycles. The van der Waals surface area contributed by atoms with Crippen molar-refractivity contribution in [1.82, 2.24) is 5.32 Å². The summed E-state index contributed by atoms with van der Waals surface area (Å²) in [6.45, 7) is 5.76. The van der Waals surface area contributed by atoms with Gasteiger partial charge in [-0.2, -0.15) is 0 Å². The molecule has 1 aliphatic rings. The highest BCUT2D eigenvalue weighted by Crippen LogP contribution is 2.47. The van der Waals surface area contributed by atoms with Gasteiger partial charge in [0.1, 0.15) is 0 Å². The Bertz CT molecular complexity index is 358. The molecule has 1 aromatic carbocycles. The molecular formula is C14H20BrN. The molecule has 0 bridgehead atoms. The lowest BCUT2D eigenvalue weighted by Crippen LogP contribution is -2.34. The first-order chi connectivity index (χ1) is 7.62. The Morgan fingerprint density at radius 1 is 1.38 bits per heavy atom. The quantitative estimate of drug-likeness (QED) is 0.867. The summed E-state index contributed by atoms with van der Waals surface area (Å²) in [5.41, 5.74) is 1.97. The van der Waals surface area contributed by atoms with Crippen molar-refractivity contribution in [1.29, 1.82) is 0 Å². The average Bonchev–Trinajstić information content (AvgIpc) is 3.01. The lowest BCUT2D eigenvalue weighted by Gasteiger charge is -2.20. The Kier molecular flexibility index (Phi) is 3.70. The Hall–Kier alpha value is -0.340. The Morgan fingerprint density at radius 3 is 2.69 bits per heavy atom. The molecule has 1 nitrogen and oxygen atoms in total. The number of halogens is 1. The van der Waals surface area contributed by atoms with Gasteiger partial charge in [0.2, 0.25) is 0 Å². The van der Waals surface area contributed by atoms with Crippen LogP contribution in [0.1, 0.15) is 32.3 Å². The van der Waals surface area contributed by atoms with E-state index in [0.29, 0.717) is 11.5 Å². The van der Waals surface area contributed by atoms with E-state index < -0.39 is 0 Å². The largest absolute Gasteiger partial charge is 0.313 e. The molecule has 1 N–H and O–H groups in total. The molecular weight excluding hydrogens is 262 g/mol. The summed E-state index contributed by atoms with van der Waals surface area (Å²) in [4.78, 5) is 0. The van der Waals surface area contributed by atoms with Crippen molar-refractivity contribution in [2.45, 2.75) is 39.2 Å². The molecule has 1 fully saturated rings. The van der Waals surface area contributed by atoms with Gasteiger partial charge in [-0.25, -0.2) is 0 Å². The zero-order valence-electron chi connectivity index (χ0n) is 10.1. The maximum atomic E-state index is 3.64. The van der Waals surface area contributed by atoms with Crippen molar-refractivity contribution in [2.24, 2.45) is 5.41 Å². The third-order valence-corrected chi connectivity index (χ3v) is 4.66. The zero-order valence-corrected chi connectivity index (χ0v) is 11.7. The van der Waals surface area contributed by atoms with Crippen LogP contribution in [0.25, 0.3) is 0 Å². The predicted molar refractivity (Wildman–Crippen MR) is 72.7 cm³/mol. The molecule has 1 atom stereocenters. The molecule has 1 unspecified atom stereocenters. The highest BCUT2D eigenvalue weighted by atomic mass is 79.9. The number of nitrogens with one attached hydrogen (secondary N) is 1. The standard InChI is InChI=1S/C14H20BrN/c1-11(14(2)8-9-14)16-10-7-12-5-3-4-6-13(12)15/h3-6,11,16H,7-10H2,1-2H3. The molecule has 1 aromatic rings. The van der Waals surface area contributed by atoms with Crippen molar-refractivity contribution in [3.05, 3.63) is 34.3 Å². The molecule has 2 heteroatoms. The van der Waals surface area contributed by atoms with E-state index in [-0.39, 0.29) is 0 Å². The normalized spacial score (nSPS) is 19.4. The summed E-state index contributed by atoms with van der Waals surface area (Å²) >= 11 is 3.59. The SMILES string of the molecule is CC(NCCc1ccccc1Br)C1(C)CC1. The average molecular weight is 282 g/mol. The third kappa shape index (κ3) is 2.86. The van der Waals surface area contributed by atoms with Crippen LogP contribution in [0.3, 0.4) is 0 Å². The molecule has 1 aliphatic carbocycles. The van der Waals surface area contributed by atoms with Gasteiger partial charge in [0.05, 0.1) is 0 Å². The second kappa shape index (κ2) is 4.89. The minimum atomic E-state index is 0.577. The molecule has 1 saturated carbocycles. The first-order valence-electron chi connectivity index (χ1n) is 6.09. The highest BCUT2D eigenvalue weighted by Gasteiger charge is 2.41. The van der Waals surface area contributed by atoms with Crippen LogP contribution in [0, 0.1) is 5.41 Å². The summed E-state index contributed by atoms with van der Waals surface area (Å²) in [6, 6.07) is 9.12. The van der Waals surface area contributed by atoms with E-state index >= 15 is 0 Å². The van der Waals surface area contributed by atoms with Crippen molar-refractivity contribution in [3.8, 4) is 0 Å². The van der Waals surface area contributed by atoms with Gasteiger partial charge in [-0.15, -0.1) is 0 Å². The van der Waals surface area contributed by atoms with Gasteiger partial charge in [-0.05, 0) is 49.8 Å². The van der Waals surface area contributed by atoms with Crippen molar-refractivity contribution >= 4 is 15.9 Å². The topological polar surface area (TPSA) is 12.0 Å². The fraction of sp³-hybridized carbons (Fsp3) is 0.571. The number of rotatable bonds is 5. The maximum absolute atomic E-state index is 3.64. The summed E-state index contributed by atoms with van der Waals surface area (Å²) in [5.74, 6) is 0. The molecule has 0 amide bonds. The van der Waals surface area contributed by atoms with Crippen LogP contribution < -0.4 is 5.32 Å². The third-order valence-electron chi connectivity index (χ3n) is 3.89. The van der Waals surface area contributed by atoms with Crippen molar-refractivity contribution in [3.63, 3.8) is 0 Å². The van der Waals surface area contributed by atoms with Crippen LogP contribution >= 0.6 is 15.9 Å². The number of benzene rings is 1. The van der Waals surface area contributed by atoms with E-state index in [1.807, 2.05) is 0 Å². The van der Waals surface area contributed by atoms with E-state index in [9.17, 15) is 0 Å². The van der Waals surface area contributed by atoms with Crippen LogP contribution in [0.5, 0.6) is 0 Å². The monoisotopic (exact) mass is 281 g/mol. The van der Waals surface area contributed by atoms with E-state index in [1.165, 1.54) is 22.9 Å². The van der Waals surface area contributed by atoms with Gasteiger partial charge in [-0.3, -0.25) is 0 Å². The second-order valence-electron chi connectivity index (χ2n) is 5.17. The minimum Gasteiger partial charge on any atom is -0.313 e. The lowest BCUT2D eigenvalue weighted by atomic mass is 10.0. The highest BCUT2D eigenvalue weighted by molar-refractivity contribution is 9.10. The summed E-state index contributed by atoms with van der Waals surface area (Å²) in [6.07, 6.45) is 3.87. The zero-order chi connectivity index (χ0) is 11.6. The summed E-state index contributed by atoms with van der Waals surface area (Å²) < 4.78 is 1.22. The summed E-state index contributed by atoms with van der Waals surface area (Å²) in [5, 5.41) is 3.64. The van der Waals surface area contributed by atoms with Crippen molar-refractivity contribution in [2.75, 3.05) is 6.54 Å². The molecule has 0 spiro atoms. The molecule has 0 aliphatic heterocycles. The van der Waals surface area contributed by atoms with E-state index in [2.05, 4.69) is 59.4 Å². The van der Waals surface area contributed by atoms with Crippen LogP contribution in [-0.2, 0) is 6.42 Å². The lowest BCUT2D eigenvalue weighted by molar-refractivity contribution is 0.383. The van der Waals surface area contributed by atoms with Crippen LogP contribution in [0.15, 0.2) is 28.7 Å². The van der Waals surface area contributed by atoms with Gasteiger partial charge in [0, 0.05) is 10.5 Å². The molecule has 88 valence electrons. The number of hydrogen-bond acceptors (Lipinski definition) is 1. The molecule has 2 rings (SSSR count). The second-order valence-corrected chi connectivity index (χ2v) is 6.03. The van der Waals surface area contributed by atoms with Crippen LogP contribution in [-0.4, -0.2) is 12.6 Å². The molecule has 0 saturated heterocycles. The van der Waals surface area contributed by atoms with Gasteiger partial charge in [0.25, 0.3) is 0 Å². The van der Waals surface area contributed by atoms with Crippen molar-refractivity contribution < 1.29 is 0 Å². The Morgan fingerprint density at radius 2 is 2.06 bits per heavy atom. The van der Waals surface area contributed by atoms with E-state index in [4.69, 9.17) is 0 Å². The van der Waals surface area contributed by atoms with E-state index in [0.717, 1.165) is 13.0 Å². The Balaban J connectivity index is 1.78. The maximum Gasteiger partial charge on any atom is 0.0207 e. The minimum absolute atomic E-state index is 0.577. The molecule has 0 heterocycles. The van der Waals surface area contributed by atoms with Gasteiger partial charge >= 0.3 is 0 Å². The smallest absolute Gasteiger partial charge is 0.0207 e. The Labute approximate surface area is 107 Å². The first kappa shape index (κ1) is 12.1. The van der Waals surface area contributed by atoms with Gasteiger partial charge in [0.15, 0.2) is 0 Å². The van der Waals surface area contributed by atoms with Crippen LogP contribution in [0.2, 0.25) is 0 Å². The molecule has 0 radical (unpaired) electrons. The van der Waals surface area contributed by atoms with Gasteiger partial charge < -0.3 is 5.32 Å². The number of hydrogen-bond donors (Lipinski definition) is 1. The fourth-order valence-corrected chi connectivity index (χ4v) is 2.48. The van der Waals surface area contributed by atoms with Crippen LogP contribution in [0.4, 0.5) is 0 Å². The van der Waals surface area contributed by atoms with E-state index in [1.54, 1.807) is 0 Å². The fourth-order valence-electron chi connectivity index (χ4n) is 2.00. The first-order valence-corrected chi connectivity index (χ1v) is 6.88. The predicted octanol–water partition coefficient (Wildman–Crippen LogP) is 3.77. The summed E-state index contributed by atoms with van der Waals surface area (Å²) in [7, 11) is 0. The van der Waals surface area contributed by atoms with Gasteiger partial charge in [-0.1, -0.05) is 41.1 Å². The molecule has 16 heavy (non-hydrogen) atoms.